The molecule has 35 heavy (non-hydrogen) atoms. The topological polar surface area (TPSA) is 36.9 Å². The summed E-state index contributed by atoms with van der Waals surface area (Å²) in [4.78, 5) is 0. The molecule has 0 fully saturated rings. The Bertz CT molecular complexity index is 1040. The number of hydrogen-bond donors (Lipinski definition) is 0. The molecule has 0 aliphatic carbocycles. The Balaban J connectivity index is 2.37. The third kappa shape index (κ3) is 6.63. The van der Waals surface area contributed by atoms with Crippen molar-refractivity contribution in [2.45, 2.75) is 39.3 Å². The summed E-state index contributed by atoms with van der Waals surface area (Å²) in [6.45, 7) is 14.6. The van der Waals surface area contributed by atoms with Crippen molar-refractivity contribution in [1.29, 1.82) is 0 Å². The van der Waals surface area contributed by atoms with Gasteiger partial charge in [-0.3, -0.25) is 0 Å². The molecule has 0 N–H and O–H groups in total. The first-order valence-corrected chi connectivity index (χ1v) is 20.3. The Hall–Kier alpha value is -1.96. The van der Waals surface area contributed by atoms with Crippen LogP contribution in [0.3, 0.4) is 0 Å². The second kappa shape index (κ2) is 11.9. The van der Waals surface area contributed by atoms with Crippen LogP contribution in [0.4, 0.5) is 0 Å². The molecule has 188 valence electrons. The highest BCUT2D eigenvalue weighted by Crippen LogP contribution is 2.39. The van der Waals surface area contributed by atoms with Crippen molar-refractivity contribution in [2.75, 3.05) is 27.8 Å². The fraction of sp³-hybridized carbons (Fsp3) is 0.357. The standard InChI is InChI=1S/C28H39O4PSi2/c1-29-20-31-27-23(16-12-18-25(27)34(3,4)5)33(22-14-10-9-11-15-22)24-17-13-19-26(35(6,7)8)28(24)32-21-30-2/h9-19H,20-21H2,1-8H3. The zero-order valence-electron chi connectivity index (χ0n) is 22.3. The van der Waals surface area contributed by atoms with Crippen LogP contribution >= 0.6 is 7.92 Å². The SMILES string of the molecule is COCOc1c(P(c2ccccc2)c2cccc([Si](C)(C)C)c2OCOC)cccc1[Si](C)(C)C. The molecule has 3 aromatic carbocycles. The third-order valence-electron chi connectivity index (χ3n) is 5.74. The molecule has 7 heteroatoms. The summed E-state index contributed by atoms with van der Waals surface area (Å²) in [7, 11) is -1.01. The number of ether oxygens (including phenoxy) is 4. The van der Waals surface area contributed by atoms with Crippen molar-refractivity contribution in [2.24, 2.45) is 0 Å². The van der Waals surface area contributed by atoms with E-state index in [9.17, 15) is 0 Å². The number of para-hydroxylation sites is 2. The highest BCUT2D eigenvalue weighted by molar-refractivity contribution is 7.80. The maximum atomic E-state index is 6.36. The Labute approximate surface area is 214 Å². The van der Waals surface area contributed by atoms with Crippen molar-refractivity contribution < 1.29 is 18.9 Å². The van der Waals surface area contributed by atoms with E-state index in [1.807, 2.05) is 0 Å². The first kappa shape index (κ1) is 27.6. The predicted molar refractivity (Wildman–Crippen MR) is 156 cm³/mol. The van der Waals surface area contributed by atoms with Crippen molar-refractivity contribution in [1.82, 2.24) is 0 Å². The molecule has 0 radical (unpaired) electrons. The molecule has 0 aliphatic heterocycles. The summed E-state index contributed by atoms with van der Waals surface area (Å²) >= 11 is 0. The van der Waals surface area contributed by atoms with Crippen molar-refractivity contribution >= 4 is 50.4 Å². The molecule has 3 aromatic rings. The van der Waals surface area contributed by atoms with E-state index in [0.717, 1.165) is 11.5 Å². The molecular formula is C28H39O4PSi2. The van der Waals surface area contributed by atoms with E-state index in [1.165, 1.54) is 26.3 Å². The van der Waals surface area contributed by atoms with Gasteiger partial charge < -0.3 is 18.9 Å². The molecular weight excluding hydrogens is 487 g/mol. The highest BCUT2D eigenvalue weighted by Gasteiger charge is 2.32. The molecule has 0 saturated heterocycles. The Kier molecular flexibility index (Phi) is 9.36. The normalized spacial score (nSPS) is 12.1. The smallest absolute Gasteiger partial charge is 0.188 e. The molecule has 0 amide bonds. The van der Waals surface area contributed by atoms with Gasteiger partial charge in [-0.1, -0.05) is 106 Å². The summed E-state index contributed by atoms with van der Waals surface area (Å²) in [6.07, 6.45) is 0. The van der Waals surface area contributed by atoms with Gasteiger partial charge in [-0.2, -0.15) is 0 Å². The molecule has 0 bridgehead atoms. The maximum absolute atomic E-state index is 6.36. The fourth-order valence-electron chi connectivity index (χ4n) is 4.11. The van der Waals surface area contributed by atoms with Crippen molar-refractivity contribution in [3.63, 3.8) is 0 Å². The lowest BCUT2D eigenvalue weighted by Gasteiger charge is -2.30. The lowest BCUT2D eigenvalue weighted by atomic mass is 10.3. The quantitative estimate of drug-likeness (QED) is 0.209. The lowest BCUT2D eigenvalue weighted by Crippen LogP contribution is -2.43. The molecule has 0 unspecified atom stereocenters. The molecule has 4 nitrogen and oxygen atoms in total. The maximum Gasteiger partial charge on any atom is 0.188 e. The van der Waals surface area contributed by atoms with E-state index in [4.69, 9.17) is 18.9 Å². The first-order valence-electron chi connectivity index (χ1n) is 11.9. The van der Waals surface area contributed by atoms with Gasteiger partial charge in [0.2, 0.25) is 0 Å². The van der Waals surface area contributed by atoms with E-state index in [1.54, 1.807) is 14.2 Å². The summed E-state index contributed by atoms with van der Waals surface area (Å²) in [5.74, 6) is 1.92. The number of rotatable bonds is 11. The van der Waals surface area contributed by atoms with Gasteiger partial charge in [0.1, 0.15) is 11.5 Å². The average Bonchev–Trinajstić information content (AvgIpc) is 2.81. The van der Waals surface area contributed by atoms with Crippen LogP contribution in [0.2, 0.25) is 39.3 Å². The molecule has 0 aromatic heterocycles. The zero-order valence-corrected chi connectivity index (χ0v) is 25.2. The van der Waals surface area contributed by atoms with E-state index in [2.05, 4.69) is 106 Å². The first-order chi connectivity index (χ1) is 16.6. The minimum absolute atomic E-state index is 0.217. The lowest BCUT2D eigenvalue weighted by molar-refractivity contribution is 0.0525. The molecule has 0 atom stereocenters. The highest BCUT2D eigenvalue weighted by atomic mass is 31.1. The Morgan fingerprint density at radius 3 is 1.37 bits per heavy atom. The second-order valence-electron chi connectivity index (χ2n) is 10.6. The zero-order chi connectivity index (χ0) is 25.6. The monoisotopic (exact) mass is 526 g/mol. The van der Waals surface area contributed by atoms with Crippen LogP contribution in [0.5, 0.6) is 11.5 Å². The molecule has 3 rings (SSSR count). The number of hydrogen-bond acceptors (Lipinski definition) is 4. The van der Waals surface area contributed by atoms with Gasteiger partial charge in [-0.05, 0) is 23.6 Å². The van der Waals surface area contributed by atoms with E-state index < -0.39 is 24.1 Å². The van der Waals surface area contributed by atoms with Crippen LogP contribution in [0, 0.1) is 0 Å². The van der Waals surface area contributed by atoms with Gasteiger partial charge in [0.05, 0.1) is 16.1 Å². The largest absolute Gasteiger partial charge is 0.467 e. The fourth-order valence-corrected chi connectivity index (χ4v) is 9.82. The Morgan fingerprint density at radius 2 is 1.00 bits per heavy atom. The van der Waals surface area contributed by atoms with Gasteiger partial charge in [0.25, 0.3) is 0 Å². The van der Waals surface area contributed by atoms with Gasteiger partial charge in [-0.25, -0.2) is 0 Å². The minimum Gasteiger partial charge on any atom is -0.467 e. The molecule has 0 heterocycles. The second-order valence-corrected chi connectivity index (χ2v) is 22.8. The number of benzene rings is 3. The van der Waals surface area contributed by atoms with Crippen LogP contribution in [-0.4, -0.2) is 44.0 Å². The molecule has 0 saturated carbocycles. The van der Waals surface area contributed by atoms with Crippen molar-refractivity contribution in [3.8, 4) is 11.5 Å². The van der Waals surface area contributed by atoms with Gasteiger partial charge >= 0.3 is 0 Å². The van der Waals surface area contributed by atoms with Crippen LogP contribution in [0.1, 0.15) is 0 Å². The average molecular weight is 527 g/mol. The van der Waals surface area contributed by atoms with Crippen LogP contribution < -0.4 is 35.8 Å². The summed E-state index contributed by atoms with van der Waals surface area (Å²) in [5.41, 5.74) is 0. The number of methoxy groups -OCH3 is 2. The van der Waals surface area contributed by atoms with Crippen molar-refractivity contribution in [3.05, 3.63) is 66.7 Å². The molecule has 0 aliphatic rings. The summed E-state index contributed by atoms with van der Waals surface area (Å²) < 4.78 is 23.4. The van der Waals surface area contributed by atoms with Crippen LogP contribution in [-0.2, 0) is 9.47 Å². The third-order valence-corrected chi connectivity index (χ3v) is 12.2. The van der Waals surface area contributed by atoms with Gasteiger partial charge in [0, 0.05) is 24.8 Å². The minimum atomic E-state index is -1.70. The summed E-state index contributed by atoms with van der Waals surface area (Å²) in [5, 5.41) is 6.25. The van der Waals surface area contributed by atoms with Crippen LogP contribution in [0.15, 0.2) is 66.7 Å². The van der Waals surface area contributed by atoms with E-state index in [0.29, 0.717) is 0 Å². The Morgan fingerprint density at radius 1 is 0.571 bits per heavy atom. The predicted octanol–water partition coefficient (Wildman–Crippen LogP) is 4.50. The van der Waals surface area contributed by atoms with Gasteiger partial charge in [-0.15, -0.1) is 0 Å². The van der Waals surface area contributed by atoms with Gasteiger partial charge in [0.15, 0.2) is 13.6 Å². The summed E-state index contributed by atoms with van der Waals surface area (Å²) in [6, 6.07) is 24.0. The molecule has 0 spiro atoms. The van der Waals surface area contributed by atoms with E-state index >= 15 is 0 Å². The van der Waals surface area contributed by atoms with E-state index in [-0.39, 0.29) is 13.6 Å². The van der Waals surface area contributed by atoms with Crippen LogP contribution in [0.25, 0.3) is 0 Å².